The standard InChI is InChI=1S/C11H16N2O2/c1-7-8(6-9(14)15)13-10(12-7)11(2)4-3-5-11/h3-6H2,1-2H3,(H,12,13)(H,14,15). The second-order valence-corrected chi connectivity index (χ2v) is 4.64. The maximum absolute atomic E-state index is 10.6. The van der Waals surface area contributed by atoms with E-state index in [9.17, 15) is 4.79 Å². The van der Waals surface area contributed by atoms with Gasteiger partial charge in [0.2, 0.25) is 0 Å². The molecule has 0 saturated heterocycles. The lowest BCUT2D eigenvalue weighted by atomic mass is 9.70. The van der Waals surface area contributed by atoms with E-state index in [4.69, 9.17) is 5.11 Å². The smallest absolute Gasteiger partial charge is 0.309 e. The highest BCUT2D eigenvalue weighted by atomic mass is 16.4. The molecule has 4 nitrogen and oxygen atoms in total. The maximum Gasteiger partial charge on any atom is 0.309 e. The van der Waals surface area contributed by atoms with E-state index in [-0.39, 0.29) is 11.8 Å². The first-order chi connectivity index (χ1) is 7.01. The number of nitrogens with one attached hydrogen (secondary N) is 1. The molecular formula is C11H16N2O2. The quantitative estimate of drug-likeness (QED) is 0.795. The van der Waals surface area contributed by atoms with E-state index in [0.29, 0.717) is 5.69 Å². The van der Waals surface area contributed by atoms with Crippen LogP contribution < -0.4 is 0 Å². The van der Waals surface area contributed by atoms with Crippen molar-refractivity contribution < 1.29 is 9.90 Å². The van der Waals surface area contributed by atoms with Crippen molar-refractivity contribution in [2.45, 2.75) is 44.9 Å². The van der Waals surface area contributed by atoms with Gasteiger partial charge in [-0.1, -0.05) is 13.3 Å². The first kappa shape index (κ1) is 10.2. The van der Waals surface area contributed by atoms with Gasteiger partial charge >= 0.3 is 5.97 Å². The summed E-state index contributed by atoms with van der Waals surface area (Å²) in [6.45, 7) is 4.07. The normalized spacial score (nSPS) is 18.5. The highest BCUT2D eigenvalue weighted by molar-refractivity contribution is 5.69. The molecule has 82 valence electrons. The van der Waals surface area contributed by atoms with Gasteiger partial charge in [-0.2, -0.15) is 0 Å². The zero-order chi connectivity index (χ0) is 11.1. The van der Waals surface area contributed by atoms with E-state index in [1.807, 2.05) is 6.92 Å². The number of carbonyl (C=O) groups is 1. The van der Waals surface area contributed by atoms with Gasteiger partial charge in [0, 0.05) is 11.1 Å². The van der Waals surface area contributed by atoms with Crippen LogP contribution in [0.3, 0.4) is 0 Å². The van der Waals surface area contributed by atoms with Crippen LogP contribution in [-0.2, 0) is 16.6 Å². The number of aromatic amines is 1. The molecule has 0 amide bonds. The van der Waals surface area contributed by atoms with Crippen LogP contribution in [0.4, 0.5) is 0 Å². The number of aliphatic carboxylic acids is 1. The second-order valence-electron chi connectivity index (χ2n) is 4.64. The number of aryl methyl sites for hydroxylation is 1. The van der Waals surface area contributed by atoms with Crippen molar-refractivity contribution in [1.82, 2.24) is 9.97 Å². The fourth-order valence-corrected chi connectivity index (χ4v) is 2.04. The lowest BCUT2D eigenvalue weighted by Crippen LogP contribution is -2.31. The molecule has 2 N–H and O–H groups in total. The van der Waals surface area contributed by atoms with E-state index < -0.39 is 5.97 Å². The molecule has 1 fully saturated rings. The summed E-state index contributed by atoms with van der Waals surface area (Å²) in [5, 5.41) is 8.72. The van der Waals surface area contributed by atoms with Gasteiger partial charge in [0.05, 0.1) is 12.1 Å². The van der Waals surface area contributed by atoms with Gasteiger partial charge in [-0.25, -0.2) is 4.98 Å². The monoisotopic (exact) mass is 208 g/mol. The number of hydrogen-bond donors (Lipinski definition) is 2. The Balaban J connectivity index is 2.24. The molecular weight excluding hydrogens is 192 g/mol. The summed E-state index contributed by atoms with van der Waals surface area (Å²) in [5.41, 5.74) is 1.72. The molecule has 1 saturated carbocycles. The first-order valence-corrected chi connectivity index (χ1v) is 5.29. The van der Waals surface area contributed by atoms with Crippen LogP contribution in [0.1, 0.15) is 43.4 Å². The lowest BCUT2D eigenvalue weighted by molar-refractivity contribution is -0.136. The molecule has 1 aromatic heterocycles. The number of aromatic nitrogens is 2. The van der Waals surface area contributed by atoms with Gasteiger partial charge in [-0.05, 0) is 19.8 Å². The summed E-state index contributed by atoms with van der Waals surface area (Å²) in [7, 11) is 0. The van der Waals surface area contributed by atoms with Crippen molar-refractivity contribution in [3.63, 3.8) is 0 Å². The summed E-state index contributed by atoms with van der Waals surface area (Å²) >= 11 is 0. The molecule has 1 aliphatic carbocycles. The van der Waals surface area contributed by atoms with Crippen LogP contribution in [0.5, 0.6) is 0 Å². The van der Waals surface area contributed by atoms with E-state index in [0.717, 1.165) is 24.4 Å². The van der Waals surface area contributed by atoms with Crippen LogP contribution in [0, 0.1) is 6.92 Å². The van der Waals surface area contributed by atoms with Gasteiger partial charge in [0.25, 0.3) is 0 Å². The Morgan fingerprint density at radius 1 is 1.60 bits per heavy atom. The molecule has 0 spiro atoms. The number of carboxylic acids is 1. The number of carboxylic acid groups (broad SMARTS) is 1. The molecule has 0 aliphatic heterocycles. The number of hydrogen-bond acceptors (Lipinski definition) is 2. The van der Waals surface area contributed by atoms with Crippen molar-refractivity contribution >= 4 is 5.97 Å². The van der Waals surface area contributed by atoms with Crippen molar-refractivity contribution in [3.8, 4) is 0 Å². The third kappa shape index (κ3) is 1.76. The zero-order valence-electron chi connectivity index (χ0n) is 9.13. The van der Waals surface area contributed by atoms with Gasteiger partial charge in [-0.15, -0.1) is 0 Å². The van der Waals surface area contributed by atoms with Gasteiger partial charge in [0.15, 0.2) is 0 Å². The second kappa shape index (κ2) is 3.36. The van der Waals surface area contributed by atoms with E-state index in [1.165, 1.54) is 6.42 Å². The number of nitrogens with zero attached hydrogens (tertiary/aromatic N) is 1. The summed E-state index contributed by atoms with van der Waals surface area (Å²) < 4.78 is 0. The summed E-state index contributed by atoms with van der Waals surface area (Å²) in [5.74, 6) is 0.136. The summed E-state index contributed by atoms with van der Waals surface area (Å²) in [4.78, 5) is 18.2. The first-order valence-electron chi connectivity index (χ1n) is 5.29. The molecule has 1 aliphatic rings. The van der Waals surface area contributed by atoms with Crippen molar-refractivity contribution in [2.24, 2.45) is 0 Å². The Kier molecular flexibility index (Phi) is 2.29. The minimum absolute atomic E-state index is 0.0123. The Labute approximate surface area is 88.7 Å². The third-order valence-corrected chi connectivity index (χ3v) is 3.33. The molecule has 0 unspecified atom stereocenters. The van der Waals surface area contributed by atoms with Crippen LogP contribution >= 0.6 is 0 Å². The summed E-state index contributed by atoms with van der Waals surface area (Å²) in [6.07, 6.45) is 3.54. The molecule has 0 bridgehead atoms. The molecule has 2 rings (SSSR count). The molecule has 0 aromatic carbocycles. The van der Waals surface area contributed by atoms with E-state index in [2.05, 4.69) is 16.9 Å². The average Bonchev–Trinajstić information content (AvgIpc) is 2.43. The SMILES string of the molecule is Cc1[nH]c(C2(C)CCC2)nc1CC(=O)O. The topological polar surface area (TPSA) is 66.0 Å². The molecule has 15 heavy (non-hydrogen) atoms. The maximum atomic E-state index is 10.6. The minimum Gasteiger partial charge on any atom is -0.481 e. The van der Waals surface area contributed by atoms with Crippen LogP contribution in [0.2, 0.25) is 0 Å². The van der Waals surface area contributed by atoms with Gasteiger partial charge in [-0.3, -0.25) is 4.79 Å². The Morgan fingerprint density at radius 3 is 2.73 bits per heavy atom. The predicted molar refractivity (Wildman–Crippen MR) is 55.9 cm³/mol. The fraction of sp³-hybridized carbons (Fsp3) is 0.636. The van der Waals surface area contributed by atoms with Crippen molar-refractivity contribution in [3.05, 3.63) is 17.2 Å². The van der Waals surface area contributed by atoms with E-state index in [1.54, 1.807) is 0 Å². The Hall–Kier alpha value is -1.32. The molecule has 4 heteroatoms. The fourth-order valence-electron chi connectivity index (χ4n) is 2.04. The summed E-state index contributed by atoms with van der Waals surface area (Å²) in [6, 6.07) is 0. The van der Waals surface area contributed by atoms with Gasteiger partial charge < -0.3 is 10.1 Å². The highest BCUT2D eigenvalue weighted by Gasteiger charge is 2.36. The van der Waals surface area contributed by atoms with Crippen LogP contribution in [-0.4, -0.2) is 21.0 Å². The van der Waals surface area contributed by atoms with Gasteiger partial charge in [0.1, 0.15) is 5.82 Å². The third-order valence-electron chi connectivity index (χ3n) is 3.33. The number of H-pyrrole nitrogens is 1. The predicted octanol–water partition coefficient (Wildman–Crippen LogP) is 1.79. The highest BCUT2D eigenvalue weighted by Crippen LogP contribution is 2.41. The van der Waals surface area contributed by atoms with Crippen molar-refractivity contribution in [1.29, 1.82) is 0 Å². The minimum atomic E-state index is -0.824. The Morgan fingerprint density at radius 2 is 2.27 bits per heavy atom. The average molecular weight is 208 g/mol. The Bertz CT molecular complexity index is 391. The van der Waals surface area contributed by atoms with Crippen molar-refractivity contribution in [2.75, 3.05) is 0 Å². The number of imidazole rings is 1. The lowest BCUT2D eigenvalue weighted by Gasteiger charge is -2.36. The molecule has 1 heterocycles. The van der Waals surface area contributed by atoms with Crippen LogP contribution in [0.15, 0.2) is 0 Å². The zero-order valence-corrected chi connectivity index (χ0v) is 9.13. The van der Waals surface area contributed by atoms with E-state index >= 15 is 0 Å². The number of rotatable bonds is 3. The molecule has 1 aromatic rings. The molecule has 0 radical (unpaired) electrons. The molecule has 0 atom stereocenters. The van der Waals surface area contributed by atoms with Crippen LogP contribution in [0.25, 0.3) is 0 Å². The largest absolute Gasteiger partial charge is 0.481 e.